The fraction of sp³-hybridized carbons (Fsp3) is 0.250. The minimum absolute atomic E-state index is 0.157. The second-order valence-corrected chi connectivity index (χ2v) is 2.89. The molecule has 0 saturated heterocycles. The molecule has 1 aromatic heterocycles. The summed E-state index contributed by atoms with van der Waals surface area (Å²) < 4.78 is 0. The van der Waals surface area contributed by atoms with Crippen molar-refractivity contribution in [2.24, 2.45) is 0 Å². The molecule has 0 aliphatic carbocycles. The molecule has 11 heavy (non-hydrogen) atoms. The van der Waals surface area contributed by atoms with Crippen molar-refractivity contribution in [1.29, 1.82) is 0 Å². The van der Waals surface area contributed by atoms with E-state index in [1.165, 1.54) is 0 Å². The van der Waals surface area contributed by atoms with Crippen LogP contribution < -0.4 is 0 Å². The summed E-state index contributed by atoms with van der Waals surface area (Å²) in [4.78, 5) is 15.0. The molecule has 0 aliphatic rings. The van der Waals surface area contributed by atoms with Crippen molar-refractivity contribution < 1.29 is 4.79 Å². The van der Waals surface area contributed by atoms with Gasteiger partial charge in [-0.3, -0.25) is 9.78 Å². The maximum Gasteiger partial charge on any atom is 0.163 e. The number of nitrogens with zero attached hydrogens (tertiary/aromatic N) is 1. The first-order chi connectivity index (χ1) is 5.34. The third kappa shape index (κ3) is 2.42. The van der Waals surface area contributed by atoms with Gasteiger partial charge in [-0.05, 0) is 12.1 Å². The Balaban J connectivity index is 2.69. The third-order valence-corrected chi connectivity index (χ3v) is 1.72. The van der Waals surface area contributed by atoms with E-state index in [0.717, 1.165) is 5.56 Å². The van der Waals surface area contributed by atoms with Crippen LogP contribution in [-0.4, -0.2) is 16.1 Å². The van der Waals surface area contributed by atoms with Crippen LogP contribution in [0.3, 0.4) is 0 Å². The van der Waals surface area contributed by atoms with Crippen molar-refractivity contribution in [1.82, 2.24) is 4.98 Å². The zero-order valence-electron chi connectivity index (χ0n) is 5.96. The topological polar surface area (TPSA) is 30.0 Å². The molecule has 2 nitrogen and oxygen atoms in total. The number of hydrogen-bond donors (Lipinski definition) is 0. The quantitative estimate of drug-likeness (QED) is 0.569. The Bertz CT molecular complexity index is 235. The van der Waals surface area contributed by atoms with E-state index in [1.807, 2.05) is 0 Å². The largest absolute Gasteiger partial charge is 0.294 e. The summed E-state index contributed by atoms with van der Waals surface area (Å²) in [6, 6.07) is 3.45. The number of alkyl halides is 1. The zero-order valence-corrected chi connectivity index (χ0v) is 7.54. The number of carbonyl (C=O) groups is 1. The smallest absolute Gasteiger partial charge is 0.163 e. The second kappa shape index (κ2) is 4.23. The zero-order chi connectivity index (χ0) is 8.10. The normalized spacial score (nSPS) is 9.55. The molecule has 0 aromatic carbocycles. The van der Waals surface area contributed by atoms with Gasteiger partial charge in [-0.15, -0.1) is 0 Å². The monoisotopic (exact) mass is 213 g/mol. The van der Waals surface area contributed by atoms with E-state index >= 15 is 0 Å². The number of halogens is 1. The van der Waals surface area contributed by atoms with Crippen LogP contribution in [-0.2, 0) is 0 Å². The van der Waals surface area contributed by atoms with Gasteiger partial charge in [0.15, 0.2) is 5.78 Å². The molecule has 0 unspecified atom stereocenters. The molecule has 3 heteroatoms. The van der Waals surface area contributed by atoms with Crippen LogP contribution in [0.4, 0.5) is 0 Å². The highest BCUT2D eigenvalue weighted by atomic mass is 79.9. The summed E-state index contributed by atoms with van der Waals surface area (Å²) in [7, 11) is 0. The van der Waals surface area contributed by atoms with E-state index < -0.39 is 0 Å². The van der Waals surface area contributed by atoms with Gasteiger partial charge in [-0.25, -0.2) is 0 Å². The minimum Gasteiger partial charge on any atom is -0.294 e. The summed E-state index contributed by atoms with van der Waals surface area (Å²) in [5.74, 6) is 0.157. The molecular weight excluding hydrogens is 206 g/mol. The number of carbonyl (C=O) groups excluding carboxylic acids is 1. The van der Waals surface area contributed by atoms with E-state index in [1.54, 1.807) is 24.5 Å². The van der Waals surface area contributed by atoms with Gasteiger partial charge < -0.3 is 0 Å². The average molecular weight is 214 g/mol. The standard InChI is InChI=1S/C8H8BrNO/c9-4-1-8(11)7-2-5-10-6-3-7/h2-3,5-6H,1,4H2. The molecule has 0 radical (unpaired) electrons. The van der Waals surface area contributed by atoms with Crippen LogP contribution in [0.25, 0.3) is 0 Å². The van der Waals surface area contributed by atoms with Crippen LogP contribution in [0.2, 0.25) is 0 Å². The average Bonchev–Trinajstić information content (AvgIpc) is 2.07. The summed E-state index contributed by atoms with van der Waals surface area (Å²) in [6.45, 7) is 0. The SMILES string of the molecule is O=C(CCBr)c1ccncc1. The van der Waals surface area contributed by atoms with Crippen LogP contribution in [0.5, 0.6) is 0 Å². The molecule has 0 saturated carbocycles. The fourth-order valence-electron chi connectivity index (χ4n) is 0.768. The van der Waals surface area contributed by atoms with Crippen molar-refractivity contribution in [3.63, 3.8) is 0 Å². The Hall–Kier alpha value is -0.700. The van der Waals surface area contributed by atoms with Crippen molar-refractivity contribution in [2.45, 2.75) is 6.42 Å². The molecule has 0 N–H and O–H groups in total. The summed E-state index contributed by atoms with van der Waals surface area (Å²) >= 11 is 3.21. The lowest BCUT2D eigenvalue weighted by Crippen LogP contribution is -1.98. The lowest BCUT2D eigenvalue weighted by atomic mass is 10.1. The summed E-state index contributed by atoms with van der Waals surface area (Å²) in [5, 5.41) is 0.716. The lowest BCUT2D eigenvalue weighted by molar-refractivity contribution is 0.0990. The number of hydrogen-bond acceptors (Lipinski definition) is 2. The molecule has 1 rings (SSSR count). The second-order valence-electron chi connectivity index (χ2n) is 2.10. The lowest BCUT2D eigenvalue weighted by Gasteiger charge is -1.95. The highest BCUT2D eigenvalue weighted by Crippen LogP contribution is 2.02. The molecular formula is C8H8BrNO. The van der Waals surface area contributed by atoms with E-state index in [2.05, 4.69) is 20.9 Å². The van der Waals surface area contributed by atoms with Gasteiger partial charge in [-0.1, -0.05) is 15.9 Å². The molecule has 0 fully saturated rings. The van der Waals surface area contributed by atoms with Gasteiger partial charge in [-0.2, -0.15) is 0 Å². The number of aromatic nitrogens is 1. The predicted molar refractivity (Wildman–Crippen MR) is 47.0 cm³/mol. The van der Waals surface area contributed by atoms with E-state index in [4.69, 9.17) is 0 Å². The van der Waals surface area contributed by atoms with Crippen molar-refractivity contribution >= 4 is 21.7 Å². The maximum atomic E-state index is 11.2. The number of pyridine rings is 1. The van der Waals surface area contributed by atoms with Crippen molar-refractivity contribution in [3.05, 3.63) is 30.1 Å². The van der Waals surface area contributed by atoms with E-state index in [9.17, 15) is 4.79 Å². The molecule has 58 valence electrons. The highest BCUT2D eigenvalue weighted by molar-refractivity contribution is 9.09. The predicted octanol–water partition coefficient (Wildman–Crippen LogP) is 2.05. The Morgan fingerprint density at radius 3 is 2.64 bits per heavy atom. The number of Topliss-reactive ketones (excluding diaryl/α,β-unsaturated/α-hetero) is 1. The van der Waals surface area contributed by atoms with E-state index in [0.29, 0.717) is 11.8 Å². The van der Waals surface area contributed by atoms with Crippen molar-refractivity contribution in [2.75, 3.05) is 5.33 Å². The maximum absolute atomic E-state index is 11.2. The van der Waals surface area contributed by atoms with Gasteiger partial charge in [0.05, 0.1) is 0 Å². The first kappa shape index (κ1) is 8.40. The molecule has 0 spiro atoms. The molecule has 1 heterocycles. The third-order valence-electron chi connectivity index (χ3n) is 1.32. The fourth-order valence-corrected chi connectivity index (χ4v) is 1.13. The van der Waals surface area contributed by atoms with Crippen LogP contribution >= 0.6 is 15.9 Å². The molecule has 0 atom stereocenters. The molecule has 0 amide bonds. The van der Waals surface area contributed by atoms with Gasteiger partial charge >= 0.3 is 0 Å². The van der Waals surface area contributed by atoms with Crippen LogP contribution in [0, 0.1) is 0 Å². The Morgan fingerprint density at radius 2 is 2.09 bits per heavy atom. The van der Waals surface area contributed by atoms with Gasteiger partial charge in [0.1, 0.15) is 0 Å². The van der Waals surface area contributed by atoms with E-state index in [-0.39, 0.29) is 5.78 Å². The molecule has 0 bridgehead atoms. The molecule has 1 aromatic rings. The summed E-state index contributed by atoms with van der Waals surface area (Å²) in [5.41, 5.74) is 0.736. The number of ketones is 1. The van der Waals surface area contributed by atoms with Gasteiger partial charge in [0.2, 0.25) is 0 Å². The Labute approximate surface area is 73.8 Å². The highest BCUT2D eigenvalue weighted by Gasteiger charge is 2.02. The summed E-state index contributed by atoms with van der Waals surface area (Å²) in [6.07, 6.45) is 3.80. The first-order valence-corrected chi connectivity index (χ1v) is 4.46. The van der Waals surface area contributed by atoms with Crippen LogP contribution in [0.1, 0.15) is 16.8 Å². The van der Waals surface area contributed by atoms with Crippen molar-refractivity contribution in [3.8, 4) is 0 Å². The molecule has 0 aliphatic heterocycles. The van der Waals surface area contributed by atoms with Gasteiger partial charge in [0, 0.05) is 29.7 Å². The minimum atomic E-state index is 0.157. The first-order valence-electron chi connectivity index (χ1n) is 3.34. The number of rotatable bonds is 3. The Kier molecular flexibility index (Phi) is 3.23. The van der Waals surface area contributed by atoms with Crippen LogP contribution in [0.15, 0.2) is 24.5 Å². The Morgan fingerprint density at radius 1 is 1.45 bits per heavy atom. The van der Waals surface area contributed by atoms with Gasteiger partial charge in [0.25, 0.3) is 0 Å².